The monoisotopic (exact) mass is 745 g/mol. The van der Waals surface area contributed by atoms with Crippen LogP contribution in [0.1, 0.15) is 60.5 Å². The van der Waals surface area contributed by atoms with E-state index in [1.165, 1.54) is 15.8 Å². The van der Waals surface area contributed by atoms with Crippen molar-refractivity contribution in [3.8, 4) is 11.8 Å². The van der Waals surface area contributed by atoms with E-state index in [4.69, 9.17) is 21.1 Å². The molecule has 14 heteroatoms. The number of rotatable bonds is 3. The summed E-state index contributed by atoms with van der Waals surface area (Å²) in [6.45, 7) is 3.98. The number of aromatic hydroxyl groups is 1. The maximum absolute atomic E-state index is 14.8. The summed E-state index contributed by atoms with van der Waals surface area (Å²) < 4.78 is 36.5. The Morgan fingerprint density at radius 3 is 2.85 bits per heavy atom. The van der Waals surface area contributed by atoms with Gasteiger partial charge in [0.05, 0.1) is 29.5 Å². The molecule has 1 spiro atoms. The molecule has 1 saturated carbocycles. The lowest BCUT2D eigenvalue weighted by Gasteiger charge is -2.46. The van der Waals surface area contributed by atoms with Gasteiger partial charge >= 0.3 is 6.01 Å². The van der Waals surface area contributed by atoms with Gasteiger partial charge in [0.1, 0.15) is 15.7 Å². The van der Waals surface area contributed by atoms with Crippen LogP contribution in [0.4, 0.5) is 11.5 Å². The molecule has 8 rings (SSSR count). The molecule has 2 aromatic carbocycles. The molecule has 12 nitrogen and oxygen atoms in total. The van der Waals surface area contributed by atoms with Crippen molar-refractivity contribution < 1.29 is 23.6 Å². The Hall–Kier alpha value is -4.20. The third kappa shape index (κ3) is 6.62. The van der Waals surface area contributed by atoms with Gasteiger partial charge in [0.15, 0.2) is 11.5 Å². The zero-order valence-corrected chi connectivity index (χ0v) is 31.2. The number of allylic oxidation sites excluding steroid dienone is 1. The normalized spacial score (nSPS) is 29.6. The number of benzene rings is 2. The van der Waals surface area contributed by atoms with E-state index in [-0.39, 0.29) is 34.7 Å². The highest BCUT2D eigenvalue weighted by molar-refractivity contribution is 7.95. The first kappa shape index (κ1) is 34.9. The van der Waals surface area contributed by atoms with Crippen molar-refractivity contribution in [2.24, 2.45) is 29.2 Å². The number of anilines is 2. The SMILES string of the molecule is CO[C@H]1/C=C/C[C@H](C)C[S@@](=O)(Nc2nc(O)nc3nn(C)cc23)=NC(=O)c2ccc3c(c2)N(C[C@@H]2CC[C@H]21)C[C@@]1(CCCc2cc(Cl)ccc21)CO3. The number of methoxy groups -OCH3 is 1. The third-order valence-electron chi connectivity index (χ3n) is 11.3. The molecule has 1 amide bonds. The van der Waals surface area contributed by atoms with Gasteiger partial charge in [-0.2, -0.15) is 15.1 Å². The lowest BCUT2D eigenvalue weighted by atomic mass is 9.68. The number of halogens is 1. The fourth-order valence-electron chi connectivity index (χ4n) is 8.60. The van der Waals surface area contributed by atoms with E-state index in [0.29, 0.717) is 48.1 Å². The standard InChI is InChI=1S/C38H44ClN7O5S/c1-23-6-4-8-32(50-3)28-12-9-26(28)18-46-21-38(15-5-7-24-16-27(39)11-13-30(24)38)22-51-33-14-10-25(17-31(33)46)36(47)44-52(49,20-23)43-35-29-19-45(2)42-34(29)40-37(48)41-35/h4,8,10-11,13-14,16-17,19,23,26,28,32H,5-7,9,12,15,18,20-22H2,1-3H3,(H2,40,41,42,43,44,47,48,49)/b8-4+/t23-,26-,28+,32-,38-,52+/m0/s1. The second-order valence-corrected chi connectivity index (χ2v) is 17.4. The number of carbonyl (C=O) groups excluding carboxylic acids is 1. The Bertz CT molecular complexity index is 2200. The molecule has 2 aliphatic carbocycles. The summed E-state index contributed by atoms with van der Waals surface area (Å²) in [6.07, 6.45) is 11.6. The molecule has 2 bridgehead atoms. The number of aromatic nitrogens is 4. The molecule has 1 fully saturated rings. The molecule has 4 heterocycles. The lowest BCUT2D eigenvalue weighted by Crippen LogP contribution is -2.49. The maximum Gasteiger partial charge on any atom is 0.318 e. The molecule has 0 unspecified atom stereocenters. The van der Waals surface area contributed by atoms with E-state index >= 15 is 0 Å². The van der Waals surface area contributed by atoms with E-state index < -0.39 is 21.8 Å². The number of ether oxygens (including phenoxy) is 2. The van der Waals surface area contributed by atoms with Crippen LogP contribution in [0.5, 0.6) is 11.8 Å². The van der Waals surface area contributed by atoms with E-state index in [9.17, 15) is 14.1 Å². The van der Waals surface area contributed by atoms with Crippen molar-refractivity contribution in [1.29, 1.82) is 0 Å². The van der Waals surface area contributed by atoms with Gasteiger partial charge in [0, 0.05) is 49.4 Å². The van der Waals surface area contributed by atoms with Crippen LogP contribution in [0.25, 0.3) is 11.0 Å². The summed E-state index contributed by atoms with van der Waals surface area (Å²) in [4.78, 5) is 24.7. The summed E-state index contributed by atoms with van der Waals surface area (Å²) >= 11 is 6.47. The lowest BCUT2D eigenvalue weighted by molar-refractivity contribution is 0.0131. The van der Waals surface area contributed by atoms with E-state index in [1.807, 2.05) is 25.1 Å². The zero-order chi connectivity index (χ0) is 36.2. The minimum atomic E-state index is -3.48. The van der Waals surface area contributed by atoms with Gasteiger partial charge in [-0.1, -0.05) is 36.7 Å². The largest absolute Gasteiger partial charge is 0.490 e. The summed E-state index contributed by atoms with van der Waals surface area (Å²) in [5.74, 6) is 0.818. The number of amides is 1. The second kappa shape index (κ2) is 13.7. The second-order valence-electron chi connectivity index (χ2n) is 15.0. The number of carbonyl (C=O) groups is 1. The minimum Gasteiger partial charge on any atom is -0.490 e. The molecule has 0 radical (unpaired) electrons. The van der Waals surface area contributed by atoms with Crippen molar-refractivity contribution >= 4 is 50.0 Å². The van der Waals surface area contributed by atoms with Gasteiger partial charge in [-0.05, 0) is 97.7 Å². The molecule has 6 atom stereocenters. The van der Waals surface area contributed by atoms with Crippen LogP contribution < -0.4 is 14.4 Å². The predicted molar refractivity (Wildman–Crippen MR) is 202 cm³/mol. The van der Waals surface area contributed by atoms with Crippen LogP contribution >= 0.6 is 11.6 Å². The number of hydrogen-bond donors (Lipinski definition) is 2. The number of nitrogens with one attached hydrogen (secondary N) is 1. The highest BCUT2D eigenvalue weighted by Gasteiger charge is 2.44. The quantitative estimate of drug-likeness (QED) is 0.226. The van der Waals surface area contributed by atoms with Crippen LogP contribution in [0.3, 0.4) is 0 Å². The molecule has 4 aromatic rings. The number of hydrogen-bond acceptors (Lipinski definition) is 9. The number of fused-ring (bicyclic) bond motifs is 5. The molecule has 0 saturated heterocycles. The van der Waals surface area contributed by atoms with Crippen LogP contribution in [0.2, 0.25) is 5.02 Å². The Labute approximate surface area is 308 Å². The van der Waals surface area contributed by atoms with Crippen molar-refractivity contribution in [3.05, 3.63) is 76.5 Å². The molecule has 52 heavy (non-hydrogen) atoms. The van der Waals surface area contributed by atoms with Crippen molar-refractivity contribution in [3.63, 3.8) is 0 Å². The topological polar surface area (TPSA) is 144 Å². The van der Waals surface area contributed by atoms with Gasteiger partial charge in [-0.3, -0.25) is 14.2 Å². The summed E-state index contributed by atoms with van der Waals surface area (Å²) in [5, 5.41) is 15.7. The first-order chi connectivity index (χ1) is 25.0. The van der Waals surface area contributed by atoms with Gasteiger partial charge in [0.2, 0.25) is 0 Å². The van der Waals surface area contributed by atoms with Gasteiger partial charge in [0.25, 0.3) is 5.91 Å². The van der Waals surface area contributed by atoms with Crippen molar-refractivity contribution in [2.75, 3.05) is 42.2 Å². The van der Waals surface area contributed by atoms with Gasteiger partial charge < -0.3 is 19.5 Å². The third-order valence-corrected chi connectivity index (χ3v) is 13.5. The number of aryl methyl sites for hydroxylation is 2. The average molecular weight is 746 g/mol. The Morgan fingerprint density at radius 1 is 1.17 bits per heavy atom. The van der Waals surface area contributed by atoms with E-state index in [0.717, 1.165) is 49.4 Å². The zero-order valence-electron chi connectivity index (χ0n) is 29.6. The van der Waals surface area contributed by atoms with Crippen molar-refractivity contribution in [2.45, 2.75) is 57.0 Å². The molecular formula is C38H44ClN7O5S. The number of nitrogens with zero attached hydrogens (tertiary/aromatic N) is 6. The summed E-state index contributed by atoms with van der Waals surface area (Å²) in [6, 6.07) is 11.1. The first-order valence-electron chi connectivity index (χ1n) is 18.0. The van der Waals surface area contributed by atoms with Gasteiger partial charge in [-0.25, -0.2) is 4.21 Å². The predicted octanol–water partition coefficient (Wildman–Crippen LogP) is 6.47. The fourth-order valence-corrected chi connectivity index (χ4v) is 10.7. The summed E-state index contributed by atoms with van der Waals surface area (Å²) in [5.41, 5.74) is 3.64. The Kier molecular flexibility index (Phi) is 9.15. The van der Waals surface area contributed by atoms with E-state index in [2.05, 4.69) is 53.3 Å². The fraction of sp³-hybridized carbons (Fsp3) is 0.474. The average Bonchev–Trinajstić information content (AvgIpc) is 3.39. The summed E-state index contributed by atoms with van der Waals surface area (Å²) in [7, 11) is 0.00327. The molecule has 4 aliphatic rings. The molecule has 2 aromatic heterocycles. The molecule has 274 valence electrons. The van der Waals surface area contributed by atoms with Crippen LogP contribution in [0.15, 0.2) is 59.1 Å². The molecule has 2 N–H and O–H groups in total. The highest BCUT2D eigenvalue weighted by atomic mass is 35.5. The van der Waals surface area contributed by atoms with E-state index in [1.54, 1.807) is 26.4 Å². The van der Waals surface area contributed by atoms with Crippen molar-refractivity contribution in [1.82, 2.24) is 19.7 Å². The van der Waals surface area contributed by atoms with Gasteiger partial charge in [-0.15, -0.1) is 4.36 Å². The van der Waals surface area contributed by atoms with Crippen LogP contribution in [0, 0.1) is 17.8 Å². The smallest absolute Gasteiger partial charge is 0.318 e. The Balaban J connectivity index is 1.23. The molecular weight excluding hydrogens is 702 g/mol. The minimum absolute atomic E-state index is 0.0470. The van der Waals surface area contributed by atoms with Crippen LogP contribution in [-0.2, 0) is 33.5 Å². The molecule has 2 aliphatic heterocycles. The highest BCUT2D eigenvalue weighted by Crippen LogP contribution is 2.47. The first-order valence-corrected chi connectivity index (χ1v) is 20.0. The maximum atomic E-state index is 14.8. The Morgan fingerprint density at radius 2 is 2.04 bits per heavy atom. The van der Waals surface area contributed by atoms with Crippen LogP contribution in [-0.4, -0.2) is 73.6 Å².